The van der Waals surface area contributed by atoms with Crippen molar-refractivity contribution in [1.29, 1.82) is 0 Å². The Morgan fingerprint density at radius 3 is 2.50 bits per heavy atom. The number of carbonyl (C=O) groups excluding carboxylic acids is 1. The normalized spacial score (nSPS) is 10.2. The highest BCUT2D eigenvalue weighted by Gasteiger charge is 2.14. The van der Waals surface area contributed by atoms with Crippen molar-refractivity contribution in [1.82, 2.24) is 0 Å². The molecule has 0 aromatic heterocycles. The summed E-state index contributed by atoms with van der Waals surface area (Å²) in [4.78, 5) is 12.1. The number of anilines is 1. The average molecular weight is 324 g/mol. The summed E-state index contributed by atoms with van der Waals surface area (Å²) in [5.41, 5.74) is 0.716. The van der Waals surface area contributed by atoms with Gasteiger partial charge in [0.1, 0.15) is 17.3 Å². The summed E-state index contributed by atoms with van der Waals surface area (Å²) in [7, 11) is 2.95. The van der Waals surface area contributed by atoms with E-state index in [2.05, 4.69) is 5.32 Å². The zero-order valence-corrected chi connectivity index (χ0v) is 12.9. The number of amides is 1. The average Bonchev–Trinajstić information content (AvgIpc) is 2.50. The van der Waals surface area contributed by atoms with E-state index in [1.54, 1.807) is 24.3 Å². The summed E-state index contributed by atoms with van der Waals surface area (Å²) in [5, 5.41) is 3.00. The van der Waals surface area contributed by atoms with Gasteiger partial charge in [0.2, 0.25) is 5.91 Å². The molecule has 0 aliphatic heterocycles. The molecule has 2 rings (SSSR count). The highest BCUT2D eigenvalue weighted by molar-refractivity contribution is 6.32. The quantitative estimate of drug-likeness (QED) is 0.913. The van der Waals surface area contributed by atoms with E-state index in [9.17, 15) is 9.18 Å². The van der Waals surface area contributed by atoms with Crippen LogP contribution in [-0.2, 0) is 11.2 Å². The molecule has 2 aromatic rings. The van der Waals surface area contributed by atoms with E-state index in [1.807, 2.05) is 0 Å². The van der Waals surface area contributed by atoms with Crippen molar-refractivity contribution in [2.75, 3.05) is 19.5 Å². The number of methoxy groups -OCH3 is 2. The van der Waals surface area contributed by atoms with Crippen molar-refractivity contribution in [3.8, 4) is 11.5 Å². The molecular weight excluding hydrogens is 309 g/mol. The van der Waals surface area contributed by atoms with Crippen LogP contribution < -0.4 is 14.8 Å². The molecule has 22 heavy (non-hydrogen) atoms. The number of ether oxygens (including phenoxy) is 2. The third-order valence-corrected chi connectivity index (χ3v) is 3.35. The van der Waals surface area contributed by atoms with Crippen molar-refractivity contribution in [3.63, 3.8) is 0 Å². The van der Waals surface area contributed by atoms with Crippen LogP contribution >= 0.6 is 11.6 Å². The first-order valence-corrected chi connectivity index (χ1v) is 6.87. The molecule has 0 aliphatic rings. The van der Waals surface area contributed by atoms with Crippen LogP contribution in [0.2, 0.25) is 5.02 Å². The SMILES string of the molecule is COc1cc(OC)c(NC(=O)Cc2ccccc2F)cc1Cl. The number of nitrogens with one attached hydrogen (secondary N) is 1. The topological polar surface area (TPSA) is 47.6 Å². The van der Waals surface area contributed by atoms with Crippen molar-refractivity contribution in [2.45, 2.75) is 6.42 Å². The third kappa shape index (κ3) is 3.68. The van der Waals surface area contributed by atoms with Gasteiger partial charge in [-0.2, -0.15) is 0 Å². The number of carbonyl (C=O) groups is 1. The lowest BCUT2D eigenvalue weighted by Crippen LogP contribution is -2.15. The van der Waals surface area contributed by atoms with Crippen LogP contribution in [0, 0.1) is 5.82 Å². The molecule has 0 atom stereocenters. The minimum atomic E-state index is -0.419. The van der Waals surface area contributed by atoms with Crippen molar-refractivity contribution in [2.24, 2.45) is 0 Å². The summed E-state index contributed by atoms with van der Waals surface area (Å²) in [5.74, 6) is 0.0516. The summed E-state index contributed by atoms with van der Waals surface area (Å²) in [6.45, 7) is 0. The Balaban J connectivity index is 2.18. The van der Waals surface area contributed by atoms with Gasteiger partial charge in [-0.25, -0.2) is 4.39 Å². The fourth-order valence-electron chi connectivity index (χ4n) is 1.97. The molecule has 0 radical (unpaired) electrons. The summed E-state index contributed by atoms with van der Waals surface area (Å²) in [6.07, 6.45) is -0.0839. The number of halogens is 2. The maximum absolute atomic E-state index is 13.6. The van der Waals surface area contributed by atoms with E-state index >= 15 is 0 Å². The molecule has 2 aromatic carbocycles. The first kappa shape index (κ1) is 16.1. The molecule has 0 saturated carbocycles. The van der Waals surface area contributed by atoms with Crippen molar-refractivity contribution >= 4 is 23.2 Å². The van der Waals surface area contributed by atoms with Gasteiger partial charge in [0.15, 0.2) is 0 Å². The monoisotopic (exact) mass is 323 g/mol. The fourth-order valence-corrected chi connectivity index (χ4v) is 2.21. The minimum Gasteiger partial charge on any atom is -0.495 e. The van der Waals surface area contributed by atoms with E-state index in [0.29, 0.717) is 27.8 Å². The van der Waals surface area contributed by atoms with E-state index in [1.165, 1.54) is 26.4 Å². The Hall–Kier alpha value is -2.27. The first-order valence-electron chi connectivity index (χ1n) is 6.50. The number of benzene rings is 2. The predicted molar refractivity (Wildman–Crippen MR) is 83.3 cm³/mol. The third-order valence-electron chi connectivity index (χ3n) is 3.06. The van der Waals surface area contributed by atoms with Crippen LogP contribution in [0.3, 0.4) is 0 Å². The Kier molecular flexibility index (Phi) is 5.22. The van der Waals surface area contributed by atoms with Crippen LogP contribution in [0.4, 0.5) is 10.1 Å². The van der Waals surface area contributed by atoms with Gasteiger partial charge in [0.25, 0.3) is 0 Å². The van der Waals surface area contributed by atoms with E-state index in [4.69, 9.17) is 21.1 Å². The summed E-state index contributed by atoms with van der Waals surface area (Å²) >= 11 is 6.04. The minimum absolute atomic E-state index is 0.0839. The van der Waals surface area contributed by atoms with Gasteiger partial charge in [0.05, 0.1) is 31.4 Å². The Morgan fingerprint density at radius 1 is 1.18 bits per heavy atom. The Bertz CT molecular complexity index is 691. The lowest BCUT2D eigenvalue weighted by Gasteiger charge is -2.13. The molecule has 1 N–H and O–H groups in total. The standard InChI is InChI=1S/C16H15ClFNO3/c1-21-14-9-15(22-2)13(8-11(14)17)19-16(20)7-10-5-3-4-6-12(10)18/h3-6,8-9H,7H2,1-2H3,(H,19,20). The van der Waals surface area contributed by atoms with Crippen LogP contribution in [-0.4, -0.2) is 20.1 Å². The van der Waals surface area contributed by atoms with Gasteiger partial charge in [0, 0.05) is 6.07 Å². The lowest BCUT2D eigenvalue weighted by molar-refractivity contribution is -0.115. The van der Waals surface area contributed by atoms with Gasteiger partial charge < -0.3 is 14.8 Å². The van der Waals surface area contributed by atoms with Gasteiger partial charge in [-0.1, -0.05) is 29.8 Å². The second kappa shape index (κ2) is 7.13. The van der Waals surface area contributed by atoms with Crippen LogP contribution in [0.1, 0.15) is 5.56 Å². The molecule has 1 amide bonds. The summed E-state index contributed by atoms with van der Waals surface area (Å²) in [6, 6.07) is 9.22. The van der Waals surface area contributed by atoms with Gasteiger partial charge in [-0.15, -0.1) is 0 Å². The number of hydrogen-bond donors (Lipinski definition) is 1. The van der Waals surface area contributed by atoms with Crippen molar-refractivity contribution in [3.05, 3.63) is 52.8 Å². The first-order chi connectivity index (χ1) is 10.5. The smallest absolute Gasteiger partial charge is 0.229 e. The molecule has 0 spiro atoms. The second-order valence-corrected chi connectivity index (χ2v) is 4.91. The second-order valence-electron chi connectivity index (χ2n) is 4.50. The maximum atomic E-state index is 13.6. The largest absolute Gasteiger partial charge is 0.495 e. The molecule has 116 valence electrons. The highest BCUT2D eigenvalue weighted by Crippen LogP contribution is 2.35. The number of rotatable bonds is 5. The molecule has 0 unspecified atom stereocenters. The Labute approximate surface area is 132 Å². The molecule has 0 fully saturated rings. The highest BCUT2D eigenvalue weighted by atomic mass is 35.5. The van der Waals surface area contributed by atoms with E-state index in [0.717, 1.165) is 0 Å². The Morgan fingerprint density at radius 2 is 1.86 bits per heavy atom. The van der Waals surface area contributed by atoms with E-state index < -0.39 is 5.82 Å². The van der Waals surface area contributed by atoms with Crippen LogP contribution in [0.5, 0.6) is 11.5 Å². The van der Waals surface area contributed by atoms with Gasteiger partial charge in [-0.05, 0) is 17.7 Å². The van der Waals surface area contributed by atoms with E-state index in [-0.39, 0.29) is 12.3 Å². The predicted octanol–water partition coefficient (Wildman–Crippen LogP) is 3.68. The molecule has 0 aliphatic carbocycles. The maximum Gasteiger partial charge on any atom is 0.229 e. The van der Waals surface area contributed by atoms with Crippen LogP contribution in [0.15, 0.2) is 36.4 Å². The molecule has 0 heterocycles. The molecule has 6 heteroatoms. The van der Waals surface area contributed by atoms with Gasteiger partial charge in [-0.3, -0.25) is 4.79 Å². The number of hydrogen-bond acceptors (Lipinski definition) is 3. The summed E-state index contributed by atoms with van der Waals surface area (Å²) < 4.78 is 23.8. The zero-order valence-electron chi connectivity index (χ0n) is 12.2. The molecule has 0 bridgehead atoms. The molecule has 0 saturated heterocycles. The zero-order chi connectivity index (χ0) is 16.1. The molecule has 4 nitrogen and oxygen atoms in total. The fraction of sp³-hybridized carbons (Fsp3) is 0.188. The lowest BCUT2D eigenvalue weighted by atomic mass is 10.1. The molecular formula is C16H15ClFNO3. The van der Waals surface area contributed by atoms with Crippen LogP contribution in [0.25, 0.3) is 0 Å². The van der Waals surface area contributed by atoms with Crippen molar-refractivity contribution < 1.29 is 18.7 Å². The van der Waals surface area contributed by atoms with Gasteiger partial charge >= 0.3 is 0 Å².